The van der Waals surface area contributed by atoms with Gasteiger partial charge in [0, 0.05) is 6.20 Å². The van der Waals surface area contributed by atoms with E-state index < -0.39 is 23.6 Å². The van der Waals surface area contributed by atoms with Gasteiger partial charge in [-0.2, -0.15) is 0 Å². The Morgan fingerprint density at radius 1 is 1.53 bits per heavy atom. The quantitative estimate of drug-likeness (QED) is 0.701. The standard InChI is InChI=1S/C11H12N2O4/c1-2-7-5-13(11(16)12-10(7)15)9-4-3-8(6-14)17-9/h2-5,8-9,14H,1,6H2,(H,12,15,16)/t8-,9+/m0/s1. The Hall–Kier alpha value is -1.92. The molecule has 2 N–H and O–H groups in total. The molecule has 6 heteroatoms. The molecule has 0 spiro atoms. The van der Waals surface area contributed by atoms with Gasteiger partial charge in [0.25, 0.3) is 5.56 Å². The van der Waals surface area contributed by atoms with Gasteiger partial charge in [0.1, 0.15) is 6.10 Å². The Labute approximate surface area is 96.5 Å². The highest BCUT2D eigenvalue weighted by Crippen LogP contribution is 2.18. The number of aliphatic hydroxyl groups is 1. The van der Waals surface area contributed by atoms with Crippen LogP contribution in [-0.4, -0.2) is 27.4 Å². The summed E-state index contributed by atoms with van der Waals surface area (Å²) in [7, 11) is 0. The highest BCUT2D eigenvalue weighted by molar-refractivity contribution is 5.43. The lowest BCUT2D eigenvalue weighted by atomic mass is 10.3. The van der Waals surface area contributed by atoms with Crippen LogP contribution in [0.1, 0.15) is 11.8 Å². The monoisotopic (exact) mass is 236 g/mol. The van der Waals surface area contributed by atoms with Crippen LogP contribution in [0.2, 0.25) is 0 Å². The molecule has 0 bridgehead atoms. The molecule has 0 aliphatic carbocycles. The topological polar surface area (TPSA) is 84.3 Å². The zero-order chi connectivity index (χ0) is 12.4. The predicted molar refractivity (Wildman–Crippen MR) is 61.5 cm³/mol. The van der Waals surface area contributed by atoms with Crippen LogP contribution >= 0.6 is 0 Å². The van der Waals surface area contributed by atoms with Gasteiger partial charge >= 0.3 is 5.69 Å². The molecule has 17 heavy (non-hydrogen) atoms. The molecule has 0 unspecified atom stereocenters. The third-order valence-electron chi connectivity index (χ3n) is 2.47. The first-order chi connectivity index (χ1) is 8.15. The maximum absolute atomic E-state index is 11.6. The summed E-state index contributed by atoms with van der Waals surface area (Å²) in [5, 5.41) is 8.91. The van der Waals surface area contributed by atoms with Gasteiger partial charge in [0.15, 0.2) is 6.23 Å². The van der Waals surface area contributed by atoms with Gasteiger partial charge in [0.2, 0.25) is 0 Å². The predicted octanol–water partition coefficient (Wildman–Crippen LogP) is -0.374. The van der Waals surface area contributed by atoms with E-state index in [0.29, 0.717) is 0 Å². The van der Waals surface area contributed by atoms with Crippen LogP contribution in [0.4, 0.5) is 0 Å². The Morgan fingerprint density at radius 2 is 2.29 bits per heavy atom. The van der Waals surface area contributed by atoms with Crippen molar-refractivity contribution < 1.29 is 9.84 Å². The molecule has 0 saturated carbocycles. The summed E-state index contributed by atoms with van der Waals surface area (Å²) in [5.74, 6) is 0. The summed E-state index contributed by atoms with van der Waals surface area (Å²) in [6, 6.07) is 0. The minimum Gasteiger partial charge on any atom is -0.393 e. The van der Waals surface area contributed by atoms with Crippen LogP contribution in [-0.2, 0) is 4.74 Å². The van der Waals surface area contributed by atoms with Gasteiger partial charge < -0.3 is 9.84 Å². The highest BCUT2D eigenvalue weighted by atomic mass is 16.5. The fraction of sp³-hybridized carbons (Fsp3) is 0.273. The number of ether oxygens (including phenoxy) is 1. The van der Waals surface area contributed by atoms with E-state index in [1.54, 1.807) is 12.2 Å². The number of nitrogens with one attached hydrogen (secondary N) is 1. The van der Waals surface area contributed by atoms with Crippen LogP contribution in [0, 0.1) is 0 Å². The lowest BCUT2D eigenvalue weighted by molar-refractivity contribution is -0.0103. The molecule has 1 aliphatic heterocycles. The zero-order valence-electron chi connectivity index (χ0n) is 9.00. The number of aromatic amines is 1. The second-order valence-corrected chi connectivity index (χ2v) is 3.59. The molecule has 0 amide bonds. The van der Waals surface area contributed by atoms with E-state index in [2.05, 4.69) is 11.6 Å². The van der Waals surface area contributed by atoms with Crippen LogP contribution in [0.15, 0.2) is 34.5 Å². The largest absolute Gasteiger partial charge is 0.393 e. The molecule has 2 atom stereocenters. The van der Waals surface area contributed by atoms with Gasteiger partial charge in [-0.05, 0) is 6.08 Å². The van der Waals surface area contributed by atoms with Gasteiger partial charge in [-0.25, -0.2) is 4.79 Å². The first-order valence-corrected chi connectivity index (χ1v) is 5.08. The second kappa shape index (κ2) is 4.52. The molecule has 1 aromatic rings. The van der Waals surface area contributed by atoms with Crippen molar-refractivity contribution >= 4 is 6.08 Å². The Morgan fingerprint density at radius 3 is 2.88 bits per heavy atom. The summed E-state index contributed by atoms with van der Waals surface area (Å²) in [6.45, 7) is 3.33. The maximum Gasteiger partial charge on any atom is 0.330 e. The SMILES string of the molecule is C=Cc1cn([C@H]2C=C[C@@H](CO)O2)c(=O)[nH]c1=O. The third-order valence-corrected chi connectivity index (χ3v) is 2.47. The second-order valence-electron chi connectivity index (χ2n) is 3.59. The van der Waals surface area contributed by atoms with Crippen LogP contribution < -0.4 is 11.2 Å². The van der Waals surface area contributed by atoms with Gasteiger partial charge in [-0.1, -0.05) is 18.7 Å². The van der Waals surface area contributed by atoms with Crippen LogP contribution in [0.25, 0.3) is 6.08 Å². The highest BCUT2D eigenvalue weighted by Gasteiger charge is 2.21. The average Bonchev–Trinajstić information content (AvgIpc) is 2.78. The first kappa shape index (κ1) is 11.6. The van der Waals surface area contributed by atoms with Crippen molar-refractivity contribution in [3.8, 4) is 0 Å². The van der Waals surface area contributed by atoms with Crippen LogP contribution in [0.5, 0.6) is 0 Å². The molecule has 0 aromatic carbocycles. The summed E-state index contributed by atoms with van der Waals surface area (Å²) >= 11 is 0. The van der Waals surface area contributed by atoms with Gasteiger partial charge in [-0.3, -0.25) is 14.3 Å². The van der Waals surface area contributed by atoms with E-state index in [4.69, 9.17) is 9.84 Å². The van der Waals surface area contributed by atoms with E-state index in [0.717, 1.165) is 0 Å². The Kier molecular flexibility index (Phi) is 3.08. The van der Waals surface area contributed by atoms with Crippen molar-refractivity contribution in [2.24, 2.45) is 0 Å². The maximum atomic E-state index is 11.6. The number of aromatic nitrogens is 2. The molecular weight excluding hydrogens is 224 g/mol. The molecule has 1 aromatic heterocycles. The Bertz CT molecular complexity index is 570. The molecule has 6 nitrogen and oxygen atoms in total. The lowest BCUT2D eigenvalue weighted by Gasteiger charge is -2.14. The molecular formula is C11H12N2O4. The molecule has 0 fully saturated rings. The summed E-state index contributed by atoms with van der Waals surface area (Å²) in [6.07, 6.45) is 5.00. The fourth-order valence-corrected chi connectivity index (χ4v) is 1.59. The molecule has 0 saturated heterocycles. The number of nitrogens with zero attached hydrogens (tertiary/aromatic N) is 1. The molecule has 90 valence electrons. The molecule has 0 radical (unpaired) electrons. The van der Waals surface area contributed by atoms with E-state index in [1.807, 2.05) is 0 Å². The smallest absolute Gasteiger partial charge is 0.330 e. The van der Waals surface area contributed by atoms with Gasteiger partial charge in [-0.15, -0.1) is 0 Å². The first-order valence-electron chi connectivity index (χ1n) is 5.08. The normalized spacial score (nSPS) is 22.9. The lowest BCUT2D eigenvalue weighted by Crippen LogP contribution is -2.33. The number of hydrogen-bond donors (Lipinski definition) is 2. The number of rotatable bonds is 3. The number of H-pyrrole nitrogens is 1. The summed E-state index contributed by atoms with van der Waals surface area (Å²) < 4.78 is 6.60. The third kappa shape index (κ3) is 2.13. The molecule has 1 aliphatic rings. The fourth-order valence-electron chi connectivity index (χ4n) is 1.59. The van der Waals surface area contributed by atoms with Crippen molar-refractivity contribution in [1.29, 1.82) is 0 Å². The van der Waals surface area contributed by atoms with E-state index in [9.17, 15) is 9.59 Å². The van der Waals surface area contributed by atoms with Crippen molar-refractivity contribution in [3.05, 3.63) is 51.3 Å². The van der Waals surface area contributed by atoms with E-state index in [-0.39, 0.29) is 12.2 Å². The van der Waals surface area contributed by atoms with Gasteiger partial charge in [0.05, 0.1) is 12.2 Å². The summed E-state index contributed by atoms with van der Waals surface area (Å²) in [5.41, 5.74) is -0.759. The van der Waals surface area contributed by atoms with Crippen LogP contribution in [0.3, 0.4) is 0 Å². The average molecular weight is 236 g/mol. The van der Waals surface area contributed by atoms with Crippen molar-refractivity contribution in [3.63, 3.8) is 0 Å². The zero-order valence-corrected chi connectivity index (χ0v) is 9.00. The minimum absolute atomic E-state index is 0.153. The van der Waals surface area contributed by atoms with Crippen molar-refractivity contribution in [2.45, 2.75) is 12.3 Å². The molecule has 2 heterocycles. The Balaban J connectivity index is 2.40. The van der Waals surface area contributed by atoms with Crippen molar-refractivity contribution in [1.82, 2.24) is 9.55 Å². The van der Waals surface area contributed by atoms with Crippen molar-refractivity contribution in [2.75, 3.05) is 6.61 Å². The van der Waals surface area contributed by atoms with E-state index in [1.165, 1.54) is 16.8 Å². The summed E-state index contributed by atoms with van der Waals surface area (Å²) in [4.78, 5) is 25.1. The number of aliphatic hydroxyl groups excluding tert-OH is 1. The number of hydrogen-bond acceptors (Lipinski definition) is 4. The minimum atomic E-state index is -0.616. The molecule has 2 rings (SSSR count). The van der Waals surface area contributed by atoms with E-state index >= 15 is 0 Å².